The molecule has 0 aliphatic carbocycles. The molecule has 1 aromatic heterocycles. The number of hydrogen-bond acceptors (Lipinski definition) is 5. The molecule has 0 saturated heterocycles. The first-order valence-electron chi connectivity index (χ1n) is 10.8. The van der Waals surface area contributed by atoms with Crippen molar-refractivity contribution in [2.75, 3.05) is 10.6 Å². The van der Waals surface area contributed by atoms with Gasteiger partial charge in [0.25, 0.3) is 5.91 Å². The molecule has 0 radical (unpaired) electrons. The SMILES string of the molecule is CC1=C(C(=O)Nc2ccccc2)C(c2cccc(OCc3ccc(F)cc3)c2)n2ncnc2N1. The number of carbonyl (C=O) groups is 1. The summed E-state index contributed by atoms with van der Waals surface area (Å²) in [6.07, 6.45) is 1.45. The number of fused-ring (bicyclic) bond motifs is 1. The van der Waals surface area contributed by atoms with Gasteiger partial charge in [-0.3, -0.25) is 4.79 Å². The zero-order valence-electron chi connectivity index (χ0n) is 18.4. The Balaban J connectivity index is 1.45. The van der Waals surface area contributed by atoms with E-state index in [9.17, 15) is 9.18 Å². The molecule has 2 heterocycles. The summed E-state index contributed by atoms with van der Waals surface area (Å²) in [5, 5.41) is 10.5. The molecule has 0 fully saturated rings. The maximum atomic E-state index is 13.4. The molecule has 0 bridgehead atoms. The Bertz CT molecular complexity index is 1350. The number of hydrogen-bond donors (Lipinski definition) is 2. The molecule has 1 unspecified atom stereocenters. The van der Waals surface area contributed by atoms with Gasteiger partial charge in [0.2, 0.25) is 5.95 Å². The Morgan fingerprint density at radius 2 is 1.88 bits per heavy atom. The molecular weight excluding hydrogens is 433 g/mol. The van der Waals surface area contributed by atoms with Gasteiger partial charge < -0.3 is 15.4 Å². The number of anilines is 2. The van der Waals surface area contributed by atoms with Crippen LogP contribution in [0.2, 0.25) is 0 Å². The summed E-state index contributed by atoms with van der Waals surface area (Å²) < 4.78 is 20.8. The van der Waals surface area contributed by atoms with Crippen LogP contribution in [-0.4, -0.2) is 20.7 Å². The van der Waals surface area contributed by atoms with Gasteiger partial charge in [-0.25, -0.2) is 9.07 Å². The van der Waals surface area contributed by atoms with Crippen molar-refractivity contribution in [3.05, 3.63) is 113 Å². The molecule has 0 spiro atoms. The minimum atomic E-state index is -0.503. The first-order chi connectivity index (χ1) is 16.6. The molecule has 1 amide bonds. The van der Waals surface area contributed by atoms with Crippen molar-refractivity contribution in [1.82, 2.24) is 14.8 Å². The summed E-state index contributed by atoms with van der Waals surface area (Å²) in [7, 11) is 0. The number of benzene rings is 3. The van der Waals surface area contributed by atoms with E-state index in [-0.39, 0.29) is 11.7 Å². The van der Waals surface area contributed by atoms with Crippen molar-refractivity contribution >= 4 is 17.5 Å². The van der Waals surface area contributed by atoms with Gasteiger partial charge in [-0.05, 0) is 54.4 Å². The fourth-order valence-electron chi connectivity index (χ4n) is 3.93. The van der Waals surface area contributed by atoms with Crippen LogP contribution in [0.25, 0.3) is 0 Å². The van der Waals surface area contributed by atoms with Gasteiger partial charge in [0, 0.05) is 11.4 Å². The highest BCUT2D eigenvalue weighted by molar-refractivity contribution is 6.06. The Hall–Kier alpha value is -4.46. The number of nitrogens with zero attached hydrogens (tertiary/aromatic N) is 3. The van der Waals surface area contributed by atoms with Crippen LogP contribution in [0.4, 0.5) is 16.0 Å². The lowest BCUT2D eigenvalue weighted by Crippen LogP contribution is -2.31. The Kier molecular flexibility index (Phi) is 5.78. The molecule has 5 rings (SSSR count). The lowest BCUT2D eigenvalue weighted by atomic mass is 9.95. The standard InChI is InChI=1S/C26H22FN5O2/c1-17-23(25(33)31-21-7-3-2-4-8-21)24(32-26(30-17)28-16-29-32)19-6-5-9-22(14-19)34-15-18-10-12-20(27)13-11-18/h2-14,16,24H,15H2,1H3,(H,31,33)(H,28,29,30). The fraction of sp³-hybridized carbons (Fsp3) is 0.115. The monoisotopic (exact) mass is 455 g/mol. The minimum Gasteiger partial charge on any atom is -0.489 e. The number of allylic oxidation sites excluding steroid dienone is 1. The maximum absolute atomic E-state index is 13.4. The van der Waals surface area contributed by atoms with Crippen LogP contribution in [0.1, 0.15) is 24.1 Å². The van der Waals surface area contributed by atoms with Crippen molar-refractivity contribution < 1.29 is 13.9 Å². The van der Waals surface area contributed by atoms with Crippen LogP contribution >= 0.6 is 0 Å². The van der Waals surface area contributed by atoms with E-state index in [1.807, 2.05) is 61.5 Å². The van der Waals surface area contributed by atoms with E-state index in [0.717, 1.165) is 11.1 Å². The molecular formula is C26H22FN5O2. The van der Waals surface area contributed by atoms with E-state index in [1.54, 1.807) is 16.8 Å². The van der Waals surface area contributed by atoms with E-state index < -0.39 is 6.04 Å². The van der Waals surface area contributed by atoms with E-state index in [0.29, 0.717) is 35.3 Å². The van der Waals surface area contributed by atoms with Crippen molar-refractivity contribution in [1.29, 1.82) is 0 Å². The molecule has 170 valence electrons. The summed E-state index contributed by atoms with van der Waals surface area (Å²) in [5.74, 6) is 0.655. The quantitative estimate of drug-likeness (QED) is 0.431. The topological polar surface area (TPSA) is 81.1 Å². The number of amides is 1. The number of rotatable bonds is 6. The Morgan fingerprint density at radius 1 is 1.09 bits per heavy atom. The molecule has 1 atom stereocenters. The number of para-hydroxylation sites is 1. The van der Waals surface area contributed by atoms with Gasteiger partial charge in [-0.1, -0.05) is 42.5 Å². The Labute approximate surface area is 195 Å². The third kappa shape index (κ3) is 4.38. The van der Waals surface area contributed by atoms with Crippen LogP contribution in [0.5, 0.6) is 5.75 Å². The predicted octanol–water partition coefficient (Wildman–Crippen LogP) is 4.92. The third-order valence-electron chi connectivity index (χ3n) is 5.56. The van der Waals surface area contributed by atoms with Crippen LogP contribution < -0.4 is 15.4 Å². The summed E-state index contributed by atoms with van der Waals surface area (Å²) in [6.45, 7) is 2.14. The largest absolute Gasteiger partial charge is 0.489 e. The molecule has 4 aromatic rings. The molecule has 2 N–H and O–H groups in total. The van der Waals surface area contributed by atoms with E-state index >= 15 is 0 Å². The predicted molar refractivity (Wildman–Crippen MR) is 127 cm³/mol. The number of halogens is 1. The van der Waals surface area contributed by atoms with Crippen LogP contribution in [0.15, 0.2) is 96.5 Å². The molecule has 0 saturated carbocycles. The van der Waals surface area contributed by atoms with Crippen molar-refractivity contribution in [2.24, 2.45) is 0 Å². The molecule has 7 nitrogen and oxygen atoms in total. The maximum Gasteiger partial charge on any atom is 0.255 e. The van der Waals surface area contributed by atoms with Crippen LogP contribution in [-0.2, 0) is 11.4 Å². The number of ether oxygens (including phenoxy) is 1. The van der Waals surface area contributed by atoms with Gasteiger partial charge in [-0.2, -0.15) is 10.1 Å². The van der Waals surface area contributed by atoms with Gasteiger partial charge >= 0.3 is 0 Å². The summed E-state index contributed by atoms with van der Waals surface area (Å²) in [6, 6.07) is 22.5. The van der Waals surface area contributed by atoms with Gasteiger partial charge in [0.1, 0.15) is 30.5 Å². The summed E-state index contributed by atoms with van der Waals surface area (Å²) >= 11 is 0. The lowest BCUT2D eigenvalue weighted by Gasteiger charge is -2.29. The number of aromatic nitrogens is 3. The lowest BCUT2D eigenvalue weighted by molar-refractivity contribution is -0.113. The smallest absolute Gasteiger partial charge is 0.255 e. The van der Waals surface area contributed by atoms with Crippen molar-refractivity contribution in [3.8, 4) is 5.75 Å². The molecule has 3 aromatic carbocycles. The first-order valence-corrected chi connectivity index (χ1v) is 10.8. The first kappa shape index (κ1) is 21.4. The Morgan fingerprint density at radius 3 is 2.68 bits per heavy atom. The molecule has 1 aliphatic heterocycles. The molecule has 8 heteroatoms. The highest BCUT2D eigenvalue weighted by atomic mass is 19.1. The van der Waals surface area contributed by atoms with Gasteiger partial charge in [-0.15, -0.1) is 0 Å². The molecule has 1 aliphatic rings. The summed E-state index contributed by atoms with van der Waals surface area (Å²) in [4.78, 5) is 17.7. The van der Waals surface area contributed by atoms with E-state index in [4.69, 9.17) is 4.74 Å². The highest BCUT2D eigenvalue weighted by Gasteiger charge is 2.33. The second-order valence-corrected chi connectivity index (χ2v) is 7.90. The van der Waals surface area contributed by atoms with Crippen LogP contribution in [0.3, 0.4) is 0 Å². The number of carbonyl (C=O) groups excluding carboxylic acids is 1. The zero-order valence-corrected chi connectivity index (χ0v) is 18.4. The van der Waals surface area contributed by atoms with E-state index in [1.165, 1.54) is 18.5 Å². The normalized spacial score (nSPS) is 14.8. The van der Waals surface area contributed by atoms with Crippen molar-refractivity contribution in [2.45, 2.75) is 19.6 Å². The van der Waals surface area contributed by atoms with Gasteiger partial charge in [0.15, 0.2) is 0 Å². The summed E-state index contributed by atoms with van der Waals surface area (Å²) in [5.41, 5.74) is 3.59. The third-order valence-corrected chi connectivity index (χ3v) is 5.56. The minimum absolute atomic E-state index is 0.236. The van der Waals surface area contributed by atoms with Gasteiger partial charge in [0.05, 0.1) is 5.57 Å². The van der Waals surface area contributed by atoms with Crippen LogP contribution in [0, 0.1) is 5.82 Å². The zero-order chi connectivity index (χ0) is 23.5. The van der Waals surface area contributed by atoms with Crippen molar-refractivity contribution in [3.63, 3.8) is 0 Å². The van der Waals surface area contributed by atoms with E-state index in [2.05, 4.69) is 20.7 Å². The average Bonchev–Trinajstić information content (AvgIpc) is 3.31. The highest BCUT2D eigenvalue weighted by Crippen LogP contribution is 2.36. The number of nitrogens with one attached hydrogen (secondary N) is 2. The molecule has 34 heavy (non-hydrogen) atoms. The second kappa shape index (κ2) is 9.19. The second-order valence-electron chi connectivity index (χ2n) is 7.90. The average molecular weight is 455 g/mol. The fourth-order valence-corrected chi connectivity index (χ4v) is 3.93.